The summed E-state index contributed by atoms with van der Waals surface area (Å²) in [7, 11) is 3.87. The number of guanidine groups is 1. The van der Waals surface area contributed by atoms with E-state index in [0.717, 1.165) is 34.7 Å². The van der Waals surface area contributed by atoms with Crippen molar-refractivity contribution < 1.29 is 0 Å². The lowest BCUT2D eigenvalue weighted by molar-refractivity contribution is 0.486. The number of thiophene rings is 1. The molecule has 0 amide bonds. The number of halogens is 2. The first kappa shape index (κ1) is 20.2. The normalized spacial score (nSPS) is 11.4. The number of hydrogen-bond acceptors (Lipinski definition) is 3. The Bertz CT molecular complexity index is 831. The lowest BCUT2D eigenvalue weighted by atomic mass is 10.3. The molecule has 0 saturated heterocycles. The Kier molecular flexibility index (Phi) is 7.70. The minimum Gasteiger partial charge on any atom is -0.351 e. The van der Waals surface area contributed by atoms with Gasteiger partial charge in [0.25, 0.3) is 0 Å². The number of fused-ring (bicyclic) bond motifs is 1. The molecular weight excluding hydrogens is 513 g/mol. The van der Waals surface area contributed by atoms with Gasteiger partial charge in [-0.05, 0) is 45.9 Å². The molecule has 25 heavy (non-hydrogen) atoms. The fraction of sp³-hybridized carbons (Fsp3) is 0.294. The van der Waals surface area contributed by atoms with Crippen LogP contribution in [0.3, 0.4) is 0 Å². The maximum absolute atomic E-state index is 4.61. The SMILES string of the molecule is CN=C(NCc1cn2cc(Br)ccc2n1)N(C)CCc1cccs1.I. The number of aromatic nitrogens is 2. The largest absolute Gasteiger partial charge is 0.351 e. The molecule has 0 spiro atoms. The van der Waals surface area contributed by atoms with E-state index in [9.17, 15) is 0 Å². The van der Waals surface area contributed by atoms with E-state index in [1.165, 1.54) is 4.88 Å². The second-order valence-electron chi connectivity index (χ2n) is 5.50. The van der Waals surface area contributed by atoms with Gasteiger partial charge in [0.1, 0.15) is 5.65 Å². The van der Waals surface area contributed by atoms with Gasteiger partial charge < -0.3 is 14.6 Å². The van der Waals surface area contributed by atoms with Gasteiger partial charge in [0, 0.05) is 42.4 Å². The summed E-state index contributed by atoms with van der Waals surface area (Å²) in [5.74, 6) is 0.879. The number of pyridine rings is 1. The maximum Gasteiger partial charge on any atom is 0.193 e. The van der Waals surface area contributed by atoms with E-state index in [4.69, 9.17) is 0 Å². The Hall–Kier alpha value is -1.13. The molecule has 3 heterocycles. The van der Waals surface area contributed by atoms with Gasteiger partial charge in [-0.25, -0.2) is 4.98 Å². The molecule has 134 valence electrons. The van der Waals surface area contributed by atoms with Crippen LogP contribution in [0.2, 0.25) is 0 Å². The summed E-state index contributed by atoms with van der Waals surface area (Å²) in [6.45, 7) is 1.58. The molecule has 0 bridgehead atoms. The molecule has 0 saturated carbocycles. The van der Waals surface area contributed by atoms with Crippen molar-refractivity contribution in [2.24, 2.45) is 4.99 Å². The Labute approximate surface area is 177 Å². The van der Waals surface area contributed by atoms with Gasteiger partial charge in [0.2, 0.25) is 0 Å². The third-order valence-electron chi connectivity index (χ3n) is 3.74. The first-order chi connectivity index (χ1) is 11.7. The summed E-state index contributed by atoms with van der Waals surface area (Å²) in [6, 6.07) is 8.25. The monoisotopic (exact) mass is 533 g/mol. The average molecular weight is 534 g/mol. The van der Waals surface area contributed by atoms with Crippen LogP contribution >= 0.6 is 51.2 Å². The van der Waals surface area contributed by atoms with Crippen molar-refractivity contribution in [3.05, 3.63) is 57.1 Å². The van der Waals surface area contributed by atoms with Crippen LogP contribution in [0.4, 0.5) is 0 Å². The molecule has 3 rings (SSSR count). The maximum atomic E-state index is 4.61. The van der Waals surface area contributed by atoms with E-state index in [0.29, 0.717) is 6.54 Å². The van der Waals surface area contributed by atoms with Crippen molar-refractivity contribution in [2.45, 2.75) is 13.0 Å². The van der Waals surface area contributed by atoms with Gasteiger partial charge in [-0.3, -0.25) is 4.99 Å². The van der Waals surface area contributed by atoms with Crippen molar-refractivity contribution in [3.63, 3.8) is 0 Å². The van der Waals surface area contributed by atoms with Crippen molar-refractivity contribution in [3.8, 4) is 0 Å². The summed E-state index contributed by atoms with van der Waals surface area (Å²) in [4.78, 5) is 12.5. The zero-order valence-electron chi connectivity index (χ0n) is 14.1. The van der Waals surface area contributed by atoms with E-state index < -0.39 is 0 Å². The molecule has 0 fully saturated rings. The number of likely N-dealkylation sites (N-methyl/N-ethyl adjacent to an activating group) is 1. The lowest BCUT2D eigenvalue weighted by Crippen LogP contribution is -2.39. The Morgan fingerprint density at radius 1 is 1.36 bits per heavy atom. The second kappa shape index (κ2) is 9.54. The number of hydrogen-bond donors (Lipinski definition) is 1. The van der Waals surface area contributed by atoms with Crippen LogP contribution in [0.1, 0.15) is 10.6 Å². The van der Waals surface area contributed by atoms with E-state index >= 15 is 0 Å². The standard InChI is InChI=1S/C17H20BrN5S.HI/c1-19-17(22(2)8-7-15-4-3-9-24-15)20-10-14-12-23-11-13(18)5-6-16(23)21-14;/h3-6,9,11-12H,7-8,10H2,1-2H3,(H,19,20);1H. The van der Waals surface area contributed by atoms with Crippen LogP contribution in [0, 0.1) is 0 Å². The summed E-state index contributed by atoms with van der Waals surface area (Å²) in [5, 5.41) is 5.50. The van der Waals surface area contributed by atoms with Crippen molar-refractivity contribution in [1.29, 1.82) is 0 Å². The number of nitrogens with one attached hydrogen (secondary N) is 1. The highest BCUT2D eigenvalue weighted by molar-refractivity contribution is 14.0. The topological polar surface area (TPSA) is 44.9 Å². The molecule has 0 unspecified atom stereocenters. The van der Waals surface area contributed by atoms with Gasteiger partial charge >= 0.3 is 0 Å². The highest BCUT2D eigenvalue weighted by Crippen LogP contribution is 2.12. The Morgan fingerprint density at radius 2 is 2.20 bits per heavy atom. The number of imidazole rings is 1. The Morgan fingerprint density at radius 3 is 2.92 bits per heavy atom. The second-order valence-corrected chi connectivity index (χ2v) is 7.44. The Balaban J connectivity index is 0.00000225. The zero-order chi connectivity index (χ0) is 16.9. The van der Waals surface area contributed by atoms with Crippen molar-refractivity contribution >= 4 is 62.9 Å². The van der Waals surface area contributed by atoms with E-state index in [-0.39, 0.29) is 24.0 Å². The molecule has 8 heteroatoms. The fourth-order valence-corrected chi connectivity index (χ4v) is 3.55. The van der Waals surface area contributed by atoms with Crippen LogP contribution in [0.25, 0.3) is 5.65 Å². The third-order valence-corrected chi connectivity index (χ3v) is 5.14. The molecule has 0 aliphatic heterocycles. The molecule has 0 aliphatic carbocycles. The molecule has 5 nitrogen and oxygen atoms in total. The molecule has 0 radical (unpaired) electrons. The molecule has 1 N–H and O–H groups in total. The highest BCUT2D eigenvalue weighted by Gasteiger charge is 2.08. The smallest absolute Gasteiger partial charge is 0.193 e. The fourth-order valence-electron chi connectivity index (χ4n) is 2.50. The first-order valence-corrected chi connectivity index (χ1v) is 9.40. The van der Waals surface area contributed by atoms with E-state index in [2.05, 4.69) is 60.7 Å². The van der Waals surface area contributed by atoms with Crippen molar-refractivity contribution in [1.82, 2.24) is 19.6 Å². The van der Waals surface area contributed by atoms with E-state index in [1.54, 1.807) is 11.3 Å². The van der Waals surface area contributed by atoms with Crippen LogP contribution in [0.5, 0.6) is 0 Å². The van der Waals surface area contributed by atoms with Crippen LogP contribution in [0.15, 0.2) is 51.5 Å². The summed E-state index contributed by atoms with van der Waals surface area (Å²) in [6.07, 6.45) is 5.07. The van der Waals surface area contributed by atoms with Crippen LogP contribution in [-0.2, 0) is 13.0 Å². The predicted molar refractivity (Wildman–Crippen MR) is 119 cm³/mol. The molecule has 0 atom stereocenters. The summed E-state index contributed by atoms with van der Waals surface area (Å²) < 4.78 is 3.06. The average Bonchev–Trinajstić information content (AvgIpc) is 3.22. The highest BCUT2D eigenvalue weighted by atomic mass is 127. The van der Waals surface area contributed by atoms with Gasteiger partial charge in [-0.1, -0.05) is 6.07 Å². The molecule has 0 aliphatic rings. The van der Waals surface area contributed by atoms with Gasteiger partial charge in [-0.15, -0.1) is 35.3 Å². The van der Waals surface area contributed by atoms with Gasteiger partial charge in [-0.2, -0.15) is 0 Å². The van der Waals surface area contributed by atoms with Crippen molar-refractivity contribution in [2.75, 3.05) is 20.6 Å². The molecule has 3 aromatic rings. The lowest BCUT2D eigenvalue weighted by Gasteiger charge is -2.21. The molecule has 0 aromatic carbocycles. The van der Waals surface area contributed by atoms with Gasteiger partial charge in [0.05, 0.1) is 12.2 Å². The zero-order valence-corrected chi connectivity index (χ0v) is 18.9. The minimum absolute atomic E-state index is 0. The quantitative estimate of drug-likeness (QED) is 0.306. The number of aliphatic imine (C=N–C) groups is 1. The summed E-state index contributed by atoms with van der Waals surface area (Å²) >= 11 is 5.27. The van der Waals surface area contributed by atoms with E-state index in [1.807, 2.05) is 36.0 Å². The molecular formula is C17H21BrIN5S. The van der Waals surface area contributed by atoms with Crippen LogP contribution < -0.4 is 5.32 Å². The first-order valence-electron chi connectivity index (χ1n) is 7.73. The summed E-state index contributed by atoms with van der Waals surface area (Å²) in [5.41, 5.74) is 1.93. The van der Waals surface area contributed by atoms with Gasteiger partial charge in [0.15, 0.2) is 5.96 Å². The minimum atomic E-state index is 0. The molecule has 3 aromatic heterocycles. The van der Waals surface area contributed by atoms with Crippen LogP contribution in [-0.4, -0.2) is 40.9 Å². The number of nitrogens with zero attached hydrogens (tertiary/aromatic N) is 4. The third kappa shape index (κ3) is 5.42. The predicted octanol–water partition coefficient (Wildman–Crippen LogP) is 4.03. The number of rotatable bonds is 5.